The number of rotatable bonds is 6. The molecule has 1 aromatic rings. The van der Waals surface area contributed by atoms with Crippen LogP contribution in [0.5, 0.6) is 11.5 Å². The van der Waals surface area contributed by atoms with Crippen LogP contribution < -0.4 is 14.8 Å². The van der Waals surface area contributed by atoms with Gasteiger partial charge in [-0.25, -0.2) is 0 Å². The van der Waals surface area contributed by atoms with E-state index < -0.39 is 6.10 Å². The number of aldehydes is 1. The van der Waals surface area contributed by atoms with Crippen molar-refractivity contribution in [3.63, 3.8) is 0 Å². The van der Waals surface area contributed by atoms with Gasteiger partial charge < -0.3 is 14.8 Å². The van der Waals surface area contributed by atoms with Crippen LogP contribution in [-0.2, 0) is 4.79 Å². The van der Waals surface area contributed by atoms with E-state index in [1.165, 1.54) is 19.2 Å². The van der Waals surface area contributed by atoms with Gasteiger partial charge in [0.25, 0.3) is 5.91 Å². The average Bonchev–Trinajstić information content (AvgIpc) is 2.39. The van der Waals surface area contributed by atoms with E-state index in [-0.39, 0.29) is 22.7 Å². The number of hydrogen-bond donors (Lipinski definition) is 1. The Balaban J connectivity index is 2.96. The number of benzene rings is 1. The van der Waals surface area contributed by atoms with Gasteiger partial charge in [0, 0.05) is 11.6 Å². The molecule has 0 aromatic heterocycles. The Labute approximate surface area is 123 Å². The Morgan fingerprint density at radius 3 is 2.50 bits per heavy atom. The first-order chi connectivity index (χ1) is 9.38. The summed E-state index contributed by atoms with van der Waals surface area (Å²) < 4.78 is 10.7. The fraction of sp³-hybridized carbons (Fsp3) is 0.429. The normalized spacial score (nSPS) is 11.9. The molecule has 1 unspecified atom stereocenters. The molecular weight excluding hydrogens is 282 g/mol. The predicted octanol–water partition coefficient (Wildman–Crippen LogP) is 2.45. The number of carbonyl (C=O) groups is 2. The van der Waals surface area contributed by atoms with Crippen molar-refractivity contribution in [2.24, 2.45) is 0 Å². The molecule has 0 fully saturated rings. The first-order valence-electron chi connectivity index (χ1n) is 6.18. The van der Waals surface area contributed by atoms with Crippen LogP contribution in [0.25, 0.3) is 0 Å². The SMILES string of the molecule is COc1cc(C=O)cc(Cl)c1OC(C)C(=O)NC(C)C. The van der Waals surface area contributed by atoms with Gasteiger partial charge in [-0.1, -0.05) is 11.6 Å². The van der Waals surface area contributed by atoms with Crippen LogP contribution in [0.2, 0.25) is 5.02 Å². The summed E-state index contributed by atoms with van der Waals surface area (Å²) in [6.45, 7) is 5.33. The van der Waals surface area contributed by atoms with E-state index in [2.05, 4.69) is 5.32 Å². The number of hydrogen-bond acceptors (Lipinski definition) is 4. The molecule has 1 N–H and O–H groups in total. The zero-order valence-electron chi connectivity index (χ0n) is 11.9. The third kappa shape index (κ3) is 4.13. The number of halogens is 1. The Bertz CT molecular complexity index is 502. The number of methoxy groups -OCH3 is 1. The Hall–Kier alpha value is -1.75. The minimum atomic E-state index is -0.731. The van der Waals surface area contributed by atoms with E-state index in [0.29, 0.717) is 17.6 Å². The molecule has 110 valence electrons. The van der Waals surface area contributed by atoms with Crippen molar-refractivity contribution in [1.29, 1.82) is 0 Å². The zero-order chi connectivity index (χ0) is 15.3. The highest BCUT2D eigenvalue weighted by molar-refractivity contribution is 6.32. The average molecular weight is 300 g/mol. The van der Waals surface area contributed by atoms with Crippen LogP contribution in [0.4, 0.5) is 0 Å². The summed E-state index contributed by atoms with van der Waals surface area (Å²) in [5, 5.41) is 2.96. The molecule has 1 rings (SSSR count). The fourth-order valence-corrected chi connectivity index (χ4v) is 1.82. The van der Waals surface area contributed by atoms with Crippen molar-refractivity contribution in [2.75, 3.05) is 7.11 Å². The standard InChI is InChI=1S/C14H18ClNO4/c1-8(2)16-14(18)9(3)20-13-11(15)5-10(7-17)6-12(13)19-4/h5-9H,1-4H3,(H,16,18). The summed E-state index contributed by atoms with van der Waals surface area (Å²) in [5.74, 6) is 0.299. The van der Waals surface area contributed by atoms with Gasteiger partial charge in [0.15, 0.2) is 17.6 Å². The molecule has 1 amide bonds. The molecule has 6 heteroatoms. The van der Waals surface area contributed by atoms with Gasteiger partial charge >= 0.3 is 0 Å². The lowest BCUT2D eigenvalue weighted by molar-refractivity contribution is -0.127. The maximum absolute atomic E-state index is 11.8. The van der Waals surface area contributed by atoms with Gasteiger partial charge in [-0.3, -0.25) is 9.59 Å². The Kier molecular flexibility index (Phi) is 5.82. The van der Waals surface area contributed by atoms with Crippen molar-refractivity contribution in [1.82, 2.24) is 5.32 Å². The van der Waals surface area contributed by atoms with Crippen molar-refractivity contribution in [2.45, 2.75) is 32.9 Å². The maximum atomic E-state index is 11.8. The summed E-state index contributed by atoms with van der Waals surface area (Å²) in [6.07, 6.45) is -0.0709. The minimum absolute atomic E-state index is 0.0170. The smallest absolute Gasteiger partial charge is 0.260 e. The molecule has 1 atom stereocenters. The van der Waals surface area contributed by atoms with Crippen molar-refractivity contribution in [3.05, 3.63) is 22.7 Å². The summed E-state index contributed by atoms with van der Waals surface area (Å²) in [4.78, 5) is 22.6. The summed E-state index contributed by atoms with van der Waals surface area (Å²) in [7, 11) is 1.44. The summed E-state index contributed by atoms with van der Waals surface area (Å²) >= 11 is 6.05. The molecule has 0 saturated heterocycles. The van der Waals surface area contributed by atoms with Gasteiger partial charge in [-0.05, 0) is 32.9 Å². The molecule has 0 aliphatic heterocycles. The number of nitrogens with one attached hydrogen (secondary N) is 1. The van der Waals surface area contributed by atoms with E-state index in [1.807, 2.05) is 13.8 Å². The predicted molar refractivity (Wildman–Crippen MR) is 76.8 cm³/mol. The van der Waals surface area contributed by atoms with Crippen LogP contribution >= 0.6 is 11.6 Å². The second-order valence-corrected chi connectivity index (χ2v) is 4.98. The van der Waals surface area contributed by atoms with E-state index in [4.69, 9.17) is 21.1 Å². The second kappa shape index (κ2) is 7.14. The summed E-state index contributed by atoms with van der Waals surface area (Å²) in [6, 6.07) is 2.98. The first kappa shape index (κ1) is 16.3. The number of carbonyl (C=O) groups excluding carboxylic acids is 2. The van der Waals surface area contributed by atoms with Crippen LogP contribution in [0.3, 0.4) is 0 Å². The maximum Gasteiger partial charge on any atom is 0.260 e. The van der Waals surface area contributed by atoms with Gasteiger partial charge in [0.2, 0.25) is 0 Å². The third-order valence-corrected chi connectivity index (χ3v) is 2.76. The molecule has 0 aliphatic rings. The Morgan fingerprint density at radius 1 is 1.35 bits per heavy atom. The van der Waals surface area contributed by atoms with Gasteiger partial charge in [0.05, 0.1) is 12.1 Å². The number of amides is 1. The van der Waals surface area contributed by atoms with Gasteiger partial charge in [-0.15, -0.1) is 0 Å². The molecule has 0 bridgehead atoms. The second-order valence-electron chi connectivity index (χ2n) is 4.58. The van der Waals surface area contributed by atoms with Crippen molar-refractivity contribution in [3.8, 4) is 11.5 Å². The molecular formula is C14H18ClNO4. The lowest BCUT2D eigenvalue weighted by Crippen LogP contribution is -2.40. The zero-order valence-corrected chi connectivity index (χ0v) is 12.7. The van der Waals surface area contributed by atoms with E-state index in [0.717, 1.165) is 0 Å². The molecule has 20 heavy (non-hydrogen) atoms. The van der Waals surface area contributed by atoms with Crippen LogP contribution in [0.1, 0.15) is 31.1 Å². The highest BCUT2D eigenvalue weighted by Gasteiger charge is 2.20. The highest BCUT2D eigenvalue weighted by atomic mass is 35.5. The van der Waals surface area contributed by atoms with Gasteiger partial charge in [-0.2, -0.15) is 0 Å². The van der Waals surface area contributed by atoms with Crippen molar-refractivity contribution < 1.29 is 19.1 Å². The lowest BCUT2D eigenvalue weighted by atomic mass is 10.2. The molecule has 0 radical (unpaired) electrons. The third-order valence-electron chi connectivity index (χ3n) is 2.48. The molecule has 1 aromatic carbocycles. The summed E-state index contributed by atoms with van der Waals surface area (Å²) in [5.41, 5.74) is 0.374. The monoisotopic (exact) mass is 299 g/mol. The quantitative estimate of drug-likeness (QED) is 0.820. The van der Waals surface area contributed by atoms with E-state index >= 15 is 0 Å². The van der Waals surface area contributed by atoms with E-state index in [9.17, 15) is 9.59 Å². The topological polar surface area (TPSA) is 64.6 Å². The van der Waals surface area contributed by atoms with Crippen LogP contribution in [0.15, 0.2) is 12.1 Å². The molecule has 0 saturated carbocycles. The highest BCUT2D eigenvalue weighted by Crippen LogP contribution is 2.36. The van der Waals surface area contributed by atoms with Crippen molar-refractivity contribution >= 4 is 23.8 Å². The Morgan fingerprint density at radius 2 is 2.00 bits per heavy atom. The molecule has 0 spiro atoms. The molecule has 5 nitrogen and oxygen atoms in total. The first-order valence-corrected chi connectivity index (χ1v) is 6.56. The fourth-order valence-electron chi connectivity index (χ4n) is 1.55. The van der Waals surface area contributed by atoms with Crippen LogP contribution in [0, 0.1) is 0 Å². The van der Waals surface area contributed by atoms with Gasteiger partial charge in [0.1, 0.15) is 6.29 Å². The molecule has 0 heterocycles. The number of ether oxygens (including phenoxy) is 2. The minimum Gasteiger partial charge on any atom is -0.493 e. The lowest BCUT2D eigenvalue weighted by Gasteiger charge is -2.19. The largest absolute Gasteiger partial charge is 0.493 e. The van der Waals surface area contributed by atoms with E-state index in [1.54, 1.807) is 6.92 Å². The van der Waals surface area contributed by atoms with Crippen LogP contribution in [-0.4, -0.2) is 31.4 Å². The molecule has 0 aliphatic carbocycles.